The molecule has 0 spiro atoms. The Labute approximate surface area is 192 Å². The number of fused-ring (bicyclic) bond motifs is 1. The predicted octanol–water partition coefficient (Wildman–Crippen LogP) is 4.55. The van der Waals surface area contributed by atoms with Crippen molar-refractivity contribution in [2.24, 2.45) is 0 Å². The molecule has 1 aliphatic heterocycles. The van der Waals surface area contributed by atoms with Crippen LogP contribution in [0.2, 0.25) is 0 Å². The summed E-state index contributed by atoms with van der Waals surface area (Å²) in [5, 5.41) is 3.00. The summed E-state index contributed by atoms with van der Waals surface area (Å²) in [6, 6.07) is 23.0. The molecule has 5 rings (SSSR count). The number of pyridine rings is 1. The van der Waals surface area contributed by atoms with Crippen LogP contribution >= 0.6 is 0 Å². The van der Waals surface area contributed by atoms with Crippen LogP contribution in [0.5, 0.6) is 0 Å². The minimum atomic E-state index is -0.218. The number of rotatable bonds is 5. The SMILES string of the molecule is Cc1ccc(CNC(=O)c2nc([C@@H]3CCCN3C(=O)c3ccccc3)n3ccccc23)cc1. The first-order valence-corrected chi connectivity index (χ1v) is 11.3. The summed E-state index contributed by atoms with van der Waals surface area (Å²) in [4.78, 5) is 33.0. The van der Waals surface area contributed by atoms with Crippen molar-refractivity contribution in [3.8, 4) is 0 Å². The number of carbonyl (C=O) groups excluding carboxylic acids is 2. The van der Waals surface area contributed by atoms with E-state index in [-0.39, 0.29) is 17.9 Å². The number of imidazole rings is 1. The number of likely N-dealkylation sites (tertiary alicyclic amines) is 1. The third-order valence-corrected chi connectivity index (χ3v) is 6.20. The van der Waals surface area contributed by atoms with E-state index in [1.165, 1.54) is 5.56 Å². The molecule has 4 aromatic rings. The van der Waals surface area contributed by atoms with Gasteiger partial charge in [-0.1, -0.05) is 54.1 Å². The Morgan fingerprint density at radius 1 is 1.00 bits per heavy atom. The van der Waals surface area contributed by atoms with Crippen molar-refractivity contribution in [2.45, 2.75) is 32.4 Å². The third-order valence-electron chi connectivity index (χ3n) is 6.20. The number of hydrogen-bond acceptors (Lipinski definition) is 3. The van der Waals surface area contributed by atoms with Crippen molar-refractivity contribution >= 4 is 17.3 Å². The molecule has 6 heteroatoms. The van der Waals surface area contributed by atoms with Crippen molar-refractivity contribution < 1.29 is 9.59 Å². The lowest BCUT2D eigenvalue weighted by molar-refractivity contribution is 0.0729. The molecule has 1 fully saturated rings. The van der Waals surface area contributed by atoms with Crippen LogP contribution < -0.4 is 5.32 Å². The summed E-state index contributed by atoms with van der Waals surface area (Å²) < 4.78 is 1.95. The van der Waals surface area contributed by atoms with Gasteiger partial charge in [0.25, 0.3) is 11.8 Å². The zero-order chi connectivity index (χ0) is 22.8. The second-order valence-corrected chi connectivity index (χ2v) is 8.47. The largest absolute Gasteiger partial charge is 0.347 e. The number of nitrogens with one attached hydrogen (secondary N) is 1. The smallest absolute Gasteiger partial charge is 0.272 e. The van der Waals surface area contributed by atoms with Crippen LogP contribution in [-0.2, 0) is 6.54 Å². The lowest BCUT2D eigenvalue weighted by Crippen LogP contribution is -2.31. The average Bonchev–Trinajstić information content (AvgIpc) is 3.48. The van der Waals surface area contributed by atoms with Gasteiger partial charge in [-0.2, -0.15) is 0 Å². The van der Waals surface area contributed by atoms with Gasteiger partial charge in [0.1, 0.15) is 5.82 Å². The summed E-state index contributed by atoms with van der Waals surface area (Å²) >= 11 is 0. The van der Waals surface area contributed by atoms with Crippen LogP contribution in [-0.4, -0.2) is 32.6 Å². The van der Waals surface area contributed by atoms with E-state index in [0.717, 1.165) is 29.7 Å². The molecule has 0 unspecified atom stereocenters. The molecule has 2 amide bonds. The zero-order valence-corrected chi connectivity index (χ0v) is 18.6. The molecule has 1 atom stereocenters. The van der Waals surface area contributed by atoms with Gasteiger partial charge in [-0.05, 0) is 49.6 Å². The van der Waals surface area contributed by atoms with Gasteiger partial charge in [-0.15, -0.1) is 0 Å². The van der Waals surface area contributed by atoms with E-state index < -0.39 is 0 Å². The number of amides is 2. The number of aryl methyl sites for hydroxylation is 1. The number of aromatic nitrogens is 2. The van der Waals surface area contributed by atoms with Gasteiger partial charge in [0.2, 0.25) is 0 Å². The quantitative estimate of drug-likeness (QED) is 0.497. The van der Waals surface area contributed by atoms with Crippen LogP contribution in [0.25, 0.3) is 5.52 Å². The van der Waals surface area contributed by atoms with Gasteiger partial charge < -0.3 is 14.6 Å². The lowest BCUT2D eigenvalue weighted by atomic mass is 10.1. The summed E-state index contributed by atoms with van der Waals surface area (Å²) in [5.41, 5.74) is 4.01. The Bertz CT molecular complexity index is 1290. The third kappa shape index (κ3) is 4.12. The Morgan fingerprint density at radius 2 is 1.76 bits per heavy atom. The summed E-state index contributed by atoms with van der Waals surface area (Å²) in [6.45, 7) is 3.15. The maximum atomic E-state index is 13.2. The van der Waals surface area contributed by atoms with Crippen molar-refractivity contribution in [1.82, 2.24) is 19.6 Å². The van der Waals surface area contributed by atoms with E-state index in [0.29, 0.717) is 24.3 Å². The van der Waals surface area contributed by atoms with Gasteiger partial charge in [0.15, 0.2) is 5.69 Å². The Morgan fingerprint density at radius 3 is 2.55 bits per heavy atom. The summed E-state index contributed by atoms with van der Waals surface area (Å²) in [7, 11) is 0. The fraction of sp³-hybridized carbons (Fsp3) is 0.222. The van der Waals surface area contributed by atoms with E-state index in [9.17, 15) is 9.59 Å². The maximum absolute atomic E-state index is 13.2. The molecule has 1 saturated heterocycles. The monoisotopic (exact) mass is 438 g/mol. The van der Waals surface area contributed by atoms with Gasteiger partial charge in [0, 0.05) is 24.8 Å². The van der Waals surface area contributed by atoms with E-state index in [2.05, 4.69) is 5.32 Å². The van der Waals surface area contributed by atoms with Gasteiger partial charge in [-0.3, -0.25) is 9.59 Å². The topological polar surface area (TPSA) is 66.7 Å². The average molecular weight is 439 g/mol. The summed E-state index contributed by atoms with van der Waals surface area (Å²) in [6.07, 6.45) is 3.63. The molecule has 3 heterocycles. The molecule has 2 aromatic carbocycles. The second kappa shape index (κ2) is 8.90. The molecular weight excluding hydrogens is 412 g/mol. The fourth-order valence-corrected chi connectivity index (χ4v) is 4.46. The van der Waals surface area contributed by atoms with Gasteiger partial charge in [-0.25, -0.2) is 4.98 Å². The van der Waals surface area contributed by atoms with E-state index in [1.54, 1.807) is 0 Å². The molecule has 0 bridgehead atoms. The van der Waals surface area contributed by atoms with Crippen LogP contribution in [0, 0.1) is 6.92 Å². The lowest BCUT2D eigenvalue weighted by Gasteiger charge is -2.24. The molecule has 33 heavy (non-hydrogen) atoms. The van der Waals surface area contributed by atoms with Crippen molar-refractivity contribution in [2.75, 3.05) is 6.54 Å². The highest BCUT2D eigenvalue weighted by Crippen LogP contribution is 2.33. The molecule has 166 valence electrons. The molecule has 2 aromatic heterocycles. The molecule has 1 N–H and O–H groups in total. The Hall–Kier alpha value is -3.93. The van der Waals surface area contributed by atoms with Crippen LogP contribution in [0.4, 0.5) is 0 Å². The van der Waals surface area contributed by atoms with E-state index >= 15 is 0 Å². The highest BCUT2D eigenvalue weighted by atomic mass is 16.2. The molecule has 0 aliphatic carbocycles. The molecule has 6 nitrogen and oxygen atoms in total. The molecule has 0 radical (unpaired) electrons. The second-order valence-electron chi connectivity index (χ2n) is 8.47. The van der Waals surface area contributed by atoms with E-state index in [1.807, 2.05) is 95.2 Å². The first-order chi connectivity index (χ1) is 16.1. The number of nitrogens with zero attached hydrogens (tertiary/aromatic N) is 3. The van der Waals surface area contributed by atoms with Gasteiger partial charge in [0.05, 0.1) is 11.6 Å². The number of carbonyl (C=O) groups is 2. The number of hydrogen-bond donors (Lipinski definition) is 1. The maximum Gasteiger partial charge on any atom is 0.272 e. The zero-order valence-electron chi connectivity index (χ0n) is 18.6. The first-order valence-electron chi connectivity index (χ1n) is 11.3. The number of benzene rings is 2. The summed E-state index contributed by atoms with van der Waals surface area (Å²) in [5.74, 6) is 0.508. The normalized spacial score (nSPS) is 15.7. The Kier molecular flexibility index (Phi) is 5.65. The molecule has 1 aliphatic rings. The van der Waals surface area contributed by atoms with Crippen LogP contribution in [0.3, 0.4) is 0 Å². The highest BCUT2D eigenvalue weighted by Gasteiger charge is 2.34. The van der Waals surface area contributed by atoms with Crippen LogP contribution in [0.15, 0.2) is 79.0 Å². The minimum Gasteiger partial charge on any atom is -0.347 e. The fourth-order valence-electron chi connectivity index (χ4n) is 4.46. The van der Waals surface area contributed by atoms with Gasteiger partial charge >= 0.3 is 0 Å². The van der Waals surface area contributed by atoms with Crippen molar-refractivity contribution in [3.63, 3.8) is 0 Å². The predicted molar refractivity (Wildman–Crippen MR) is 127 cm³/mol. The minimum absolute atomic E-state index is 0.00356. The van der Waals surface area contributed by atoms with Crippen LogP contribution in [0.1, 0.15) is 56.7 Å². The Balaban J connectivity index is 1.44. The molecule has 0 saturated carbocycles. The highest BCUT2D eigenvalue weighted by molar-refractivity contribution is 5.99. The molecular formula is C27H26N4O2. The van der Waals surface area contributed by atoms with E-state index in [4.69, 9.17) is 4.98 Å². The standard InChI is InChI=1S/C27H26N4O2/c1-19-12-14-20(15-13-19)18-28-26(32)24-22-10-5-6-16-30(22)25(29-24)23-11-7-17-31(23)27(33)21-8-3-2-4-9-21/h2-6,8-10,12-16,23H,7,11,17-18H2,1H3,(H,28,32)/t23-/m0/s1. The first kappa shape index (κ1) is 20.9. The van der Waals surface area contributed by atoms with Crippen molar-refractivity contribution in [1.29, 1.82) is 0 Å². The van der Waals surface area contributed by atoms with Crippen molar-refractivity contribution in [3.05, 3.63) is 107 Å².